The maximum atomic E-state index is 2.98. The smallest absolute Gasteiger partial charge is 0.269 e. The third-order valence-corrected chi connectivity index (χ3v) is 0.866. The third kappa shape index (κ3) is 4.37. The molecule has 0 atom stereocenters. The van der Waals surface area contributed by atoms with Gasteiger partial charge in [0.25, 0.3) is 6.69 Å². The number of rotatable bonds is 2. The molecule has 1 N–H and O–H groups in total. The van der Waals surface area contributed by atoms with Gasteiger partial charge in [-0.25, -0.2) is 0 Å². The van der Waals surface area contributed by atoms with Gasteiger partial charge in [-0.1, -0.05) is 0 Å². The van der Waals surface area contributed by atoms with Crippen molar-refractivity contribution in [2.45, 2.75) is 0 Å². The minimum atomic E-state index is 1.06. The molecule has 0 aromatic carbocycles. The van der Waals surface area contributed by atoms with Crippen LogP contribution < -0.4 is 5.23 Å². The van der Waals surface area contributed by atoms with Crippen LogP contribution in [0.2, 0.25) is 0 Å². The topological polar surface area (TPSA) is 12.0 Å². The van der Waals surface area contributed by atoms with E-state index in [2.05, 4.69) is 11.5 Å². The zero-order valence-electron chi connectivity index (χ0n) is 3.62. The molecule has 0 aromatic heterocycles. The molecule has 3 heteroatoms. The highest BCUT2D eigenvalue weighted by molar-refractivity contribution is 8.21. The lowest BCUT2D eigenvalue weighted by molar-refractivity contribution is 1.27. The molecule has 30 valence electrons. The molecule has 0 aliphatic rings. The van der Waals surface area contributed by atoms with Crippen molar-refractivity contribution >= 4 is 18.3 Å². The molecule has 0 unspecified atom stereocenters. The van der Waals surface area contributed by atoms with Gasteiger partial charge in [0.05, 0.1) is 0 Å². The van der Waals surface area contributed by atoms with Gasteiger partial charge >= 0.3 is 0 Å². The van der Waals surface area contributed by atoms with Crippen LogP contribution in [0.3, 0.4) is 0 Å². The summed E-state index contributed by atoms with van der Waals surface area (Å²) in [5.74, 6) is 0. The molecule has 0 bridgehead atoms. The van der Waals surface area contributed by atoms with E-state index in [0.717, 1.165) is 6.69 Å². The molecule has 0 aliphatic carbocycles. The molecule has 0 rings (SSSR count). The average molecular weight is 89.0 g/mol. The van der Waals surface area contributed by atoms with Crippen molar-refractivity contribution in [1.82, 2.24) is 5.23 Å². The summed E-state index contributed by atoms with van der Waals surface area (Å²) in [6.45, 7) is 1.06. The van der Waals surface area contributed by atoms with Gasteiger partial charge in [0.15, 0.2) is 0 Å². The Morgan fingerprint density at radius 1 is 1.80 bits per heavy atom. The summed E-state index contributed by atoms with van der Waals surface area (Å²) in [6, 6.07) is 0. The Balaban J connectivity index is 2.19. The summed E-state index contributed by atoms with van der Waals surface area (Å²) in [4.78, 5) is 0. The predicted molar refractivity (Wildman–Crippen MR) is 29.7 cm³/mol. The molecule has 5 heavy (non-hydrogen) atoms. The summed E-state index contributed by atoms with van der Waals surface area (Å²) in [5, 5.41) is 2.98. The van der Waals surface area contributed by atoms with Gasteiger partial charge in [-0.05, 0) is 13.3 Å². The number of nitrogens with one attached hydrogen (secondary N) is 1. The minimum absolute atomic E-state index is 1.06. The van der Waals surface area contributed by atoms with E-state index in [4.69, 9.17) is 0 Å². The molecule has 0 spiro atoms. The fraction of sp³-hybridized carbons (Fsp3) is 1.00. The Bertz CT molecular complexity index is 17.1. The summed E-state index contributed by atoms with van der Waals surface area (Å²) in [5.41, 5.74) is 0. The standard InChI is InChI=1S/C2H8BNS/c1-4-3-5-2/h3-4H,1-2H3. The highest BCUT2D eigenvalue weighted by Gasteiger charge is 1.70. The van der Waals surface area contributed by atoms with Crippen LogP contribution in [0.25, 0.3) is 0 Å². The van der Waals surface area contributed by atoms with Crippen molar-refractivity contribution in [2.24, 2.45) is 0 Å². The van der Waals surface area contributed by atoms with Crippen molar-refractivity contribution in [1.29, 1.82) is 0 Å². The van der Waals surface area contributed by atoms with Crippen molar-refractivity contribution in [3.63, 3.8) is 0 Å². The second-order valence-electron chi connectivity index (χ2n) is 0.787. The van der Waals surface area contributed by atoms with Crippen LogP contribution in [0, 0.1) is 0 Å². The van der Waals surface area contributed by atoms with Crippen LogP contribution in [0.15, 0.2) is 0 Å². The van der Waals surface area contributed by atoms with Crippen molar-refractivity contribution in [3.05, 3.63) is 0 Å². The molecule has 0 aliphatic heterocycles. The fourth-order valence-corrected chi connectivity index (χ4v) is 0.433. The maximum absolute atomic E-state index is 2.98. The molecule has 0 saturated heterocycles. The molecule has 0 fully saturated rings. The Labute approximate surface area is 37.7 Å². The first-order valence-corrected chi connectivity index (χ1v) is 2.94. The Hall–Kier alpha value is 0.375. The zero-order valence-corrected chi connectivity index (χ0v) is 4.43. The fourth-order valence-electron chi connectivity index (χ4n) is 0.144. The Morgan fingerprint density at radius 2 is 2.40 bits per heavy atom. The number of hydrogen-bond acceptors (Lipinski definition) is 2. The van der Waals surface area contributed by atoms with Crippen molar-refractivity contribution in [3.8, 4) is 0 Å². The largest absolute Gasteiger partial charge is 0.352 e. The van der Waals surface area contributed by atoms with Crippen LogP contribution in [0.5, 0.6) is 0 Å². The summed E-state index contributed by atoms with van der Waals surface area (Å²) in [7, 11) is 1.94. The quantitative estimate of drug-likeness (QED) is 0.471. The first-order chi connectivity index (χ1) is 2.41. The first kappa shape index (κ1) is 5.37. The highest BCUT2D eigenvalue weighted by Crippen LogP contribution is 1.77. The lowest BCUT2D eigenvalue weighted by atomic mass is 10.4. The van der Waals surface area contributed by atoms with E-state index in [1.165, 1.54) is 0 Å². The van der Waals surface area contributed by atoms with Gasteiger partial charge in [-0.15, -0.1) is 0 Å². The lowest BCUT2D eigenvalue weighted by Crippen LogP contribution is -2.06. The first-order valence-electron chi connectivity index (χ1n) is 1.55. The minimum Gasteiger partial charge on any atom is -0.352 e. The monoisotopic (exact) mass is 89.0 g/mol. The summed E-state index contributed by atoms with van der Waals surface area (Å²) < 4.78 is 0. The second-order valence-corrected chi connectivity index (χ2v) is 1.65. The van der Waals surface area contributed by atoms with E-state index in [9.17, 15) is 0 Å². The van der Waals surface area contributed by atoms with E-state index < -0.39 is 0 Å². The molecule has 0 saturated carbocycles. The van der Waals surface area contributed by atoms with Crippen LogP contribution in [0.1, 0.15) is 0 Å². The van der Waals surface area contributed by atoms with Crippen LogP contribution >= 0.6 is 11.6 Å². The summed E-state index contributed by atoms with van der Waals surface area (Å²) >= 11 is 1.79. The van der Waals surface area contributed by atoms with E-state index in [1.807, 2.05) is 7.05 Å². The molecular formula is C2H8BNS. The van der Waals surface area contributed by atoms with Gasteiger partial charge in [-0.2, -0.15) is 11.6 Å². The van der Waals surface area contributed by atoms with Gasteiger partial charge in [0.1, 0.15) is 0 Å². The maximum Gasteiger partial charge on any atom is 0.269 e. The molecule has 0 radical (unpaired) electrons. The molecule has 0 aromatic rings. The Kier molecular flexibility index (Phi) is 4.70. The van der Waals surface area contributed by atoms with Gasteiger partial charge in [0.2, 0.25) is 0 Å². The van der Waals surface area contributed by atoms with E-state index >= 15 is 0 Å². The predicted octanol–water partition coefficient (Wildman–Crippen LogP) is -0.165. The SMILES string of the molecule is CNBSC. The average Bonchev–Trinajstić information content (AvgIpc) is 1.41. The van der Waals surface area contributed by atoms with Crippen LogP contribution in [-0.4, -0.2) is 20.0 Å². The van der Waals surface area contributed by atoms with Gasteiger partial charge < -0.3 is 5.23 Å². The van der Waals surface area contributed by atoms with E-state index in [-0.39, 0.29) is 0 Å². The molecular weight excluding hydrogens is 80.9 g/mol. The van der Waals surface area contributed by atoms with Gasteiger partial charge in [0, 0.05) is 0 Å². The molecule has 0 heterocycles. The lowest BCUT2D eigenvalue weighted by Gasteiger charge is -1.81. The molecule has 1 nitrogen and oxygen atoms in total. The normalized spacial score (nSPS) is 7.60. The van der Waals surface area contributed by atoms with E-state index in [0.29, 0.717) is 0 Å². The molecule has 0 amide bonds. The Morgan fingerprint density at radius 3 is 2.40 bits per heavy atom. The highest BCUT2D eigenvalue weighted by atomic mass is 32.2. The van der Waals surface area contributed by atoms with Crippen molar-refractivity contribution in [2.75, 3.05) is 13.3 Å². The van der Waals surface area contributed by atoms with E-state index in [1.54, 1.807) is 11.6 Å². The van der Waals surface area contributed by atoms with Crippen LogP contribution in [0.4, 0.5) is 0 Å². The number of hydrogen-bond donors (Lipinski definition) is 1. The summed E-state index contributed by atoms with van der Waals surface area (Å²) in [6.07, 6.45) is 2.07. The zero-order chi connectivity index (χ0) is 4.12. The van der Waals surface area contributed by atoms with Crippen molar-refractivity contribution < 1.29 is 0 Å². The third-order valence-electron chi connectivity index (χ3n) is 0.289. The van der Waals surface area contributed by atoms with Gasteiger partial charge in [-0.3, -0.25) is 0 Å². The second kappa shape index (κ2) is 4.37. The van der Waals surface area contributed by atoms with Crippen LogP contribution in [-0.2, 0) is 0 Å².